The number of aromatic nitrogens is 1. The van der Waals surface area contributed by atoms with Gasteiger partial charge in [-0.1, -0.05) is 12.8 Å². The highest BCUT2D eigenvalue weighted by Crippen LogP contribution is 2.46. The molecule has 0 bridgehead atoms. The predicted octanol–water partition coefficient (Wildman–Crippen LogP) is 2.90. The number of aryl methyl sites for hydroxylation is 1. The molecule has 1 amide bonds. The van der Waals surface area contributed by atoms with E-state index in [1.54, 1.807) is 18.0 Å². The summed E-state index contributed by atoms with van der Waals surface area (Å²) in [7, 11) is 0. The van der Waals surface area contributed by atoms with Crippen molar-refractivity contribution in [3.63, 3.8) is 0 Å². The average Bonchev–Trinajstić information content (AvgIpc) is 3.22. The molecule has 0 radical (unpaired) electrons. The molecule has 1 saturated carbocycles. The largest absolute Gasteiger partial charge is 0.444 e. The molecule has 1 aromatic heterocycles. The first-order chi connectivity index (χ1) is 10.6. The summed E-state index contributed by atoms with van der Waals surface area (Å²) in [5, 5.41) is 0. The Balaban J connectivity index is 1.62. The molecule has 2 aliphatic rings. The molecule has 1 aliphatic heterocycles. The van der Waals surface area contributed by atoms with Crippen molar-refractivity contribution >= 4 is 17.5 Å². The summed E-state index contributed by atoms with van der Waals surface area (Å²) >= 11 is 5.75. The fourth-order valence-corrected chi connectivity index (χ4v) is 3.91. The van der Waals surface area contributed by atoms with Crippen LogP contribution in [0.2, 0.25) is 0 Å². The Labute approximate surface area is 136 Å². The number of hydrogen-bond donors (Lipinski definition) is 0. The lowest BCUT2D eigenvalue weighted by molar-refractivity contribution is -0.131. The molecule has 1 spiro atoms. The maximum Gasteiger partial charge on any atom is 0.237 e. The summed E-state index contributed by atoms with van der Waals surface area (Å²) in [6.07, 6.45) is 7.94. The lowest BCUT2D eigenvalue weighted by atomic mass is 9.84. The van der Waals surface area contributed by atoms with Gasteiger partial charge in [0.15, 0.2) is 5.89 Å². The first kappa shape index (κ1) is 15.8. The Morgan fingerprint density at radius 1 is 1.50 bits per heavy atom. The topological polar surface area (TPSA) is 55.6 Å². The van der Waals surface area contributed by atoms with E-state index in [0.717, 1.165) is 13.0 Å². The van der Waals surface area contributed by atoms with Crippen LogP contribution in [0.15, 0.2) is 10.6 Å². The molecule has 1 saturated heterocycles. The summed E-state index contributed by atoms with van der Waals surface area (Å²) in [5.41, 5.74) is 0.364. The Morgan fingerprint density at radius 2 is 2.27 bits per heavy atom. The number of amides is 1. The second-order valence-electron chi connectivity index (χ2n) is 6.60. The lowest BCUT2D eigenvalue weighted by Crippen LogP contribution is -2.37. The normalized spacial score (nSPS) is 23.3. The highest BCUT2D eigenvalue weighted by molar-refractivity contribution is 6.27. The van der Waals surface area contributed by atoms with Crippen LogP contribution in [0.5, 0.6) is 0 Å². The summed E-state index contributed by atoms with van der Waals surface area (Å²) in [5.74, 6) is 1.18. The molecule has 5 nitrogen and oxygen atoms in total. The van der Waals surface area contributed by atoms with Crippen LogP contribution < -0.4 is 0 Å². The Kier molecular flexibility index (Phi) is 4.73. The van der Waals surface area contributed by atoms with E-state index in [-0.39, 0.29) is 17.9 Å². The van der Waals surface area contributed by atoms with Gasteiger partial charge >= 0.3 is 0 Å². The van der Waals surface area contributed by atoms with Gasteiger partial charge < -0.3 is 14.1 Å². The van der Waals surface area contributed by atoms with Crippen molar-refractivity contribution in [2.75, 3.05) is 19.0 Å². The third kappa shape index (κ3) is 3.46. The van der Waals surface area contributed by atoms with Crippen molar-refractivity contribution in [3.8, 4) is 0 Å². The van der Waals surface area contributed by atoms with E-state index in [9.17, 15) is 4.79 Å². The molecule has 1 unspecified atom stereocenters. The second kappa shape index (κ2) is 6.59. The van der Waals surface area contributed by atoms with E-state index >= 15 is 0 Å². The van der Waals surface area contributed by atoms with Crippen LogP contribution >= 0.6 is 11.6 Å². The van der Waals surface area contributed by atoms with E-state index < -0.39 is 0 Å². The molecule has 0 N–H and O–H groups in total. The highest BCUT2D eigenvalue weighted by atomic mass is 35.5. The van der Waals surface area contributed by atoms with Crippen molar-refractivity contribution in [2.45, 2.75) is 51.7 Å². The summed E-state index contributed by atoms with van der Waals surface area (Å²) in [6, 6.07) is 0. The van der Waals surface area contributed by atoms with E-state index in [1.165, 1.54) is 25.7 Å². The van der Waals surface area contributed by atoms with Crippen LogP contribution in [0.1, 0.15) is 43.8 Å². The molecule has 2 fully saturated rings. The van der Waals surface area contributed by atoms with Crippen molar-refractivity contribution in [1.29, 1.82) is 0 Å². The molecule has 0 aromatic carbocycles. The van der Waals surface area contributed by atoms with E-state index in [4.69, 9.17) is 20.8 Å². The summed E-state index contributed by atoms with van der Waals surface area (Å²) < 4.78 is 11.5. The number of ether oxygens (including phenoxy) is 1. The first-order valence-corrected chi connectivity index (χ1v) is 8.50. The van der Waals surface area contributed by atoms with Gasteiger partial charge in [-0.05, 0) is 24.7 Å². The van der Waals surface area contributed by atoms with E-state index in [2.05, 4.69) is 4.98 Å². The predicted molar refractivity (Wildman–Crippen MR) is 82.6 cm³/mol. The quantitative estimate of drug-likeness (QED) is 0.781. The zero-order valence-corrected chi connectivity index (χ0v) is 13.8. The van der Waals surface area contributed by atoms with Gasteiger partial charge in [-0.15, -0.1) is 11.6 Å². The maximum absolute atomic E-state index is 12.1. The van der Waals surface area contributed by atoms with Crippen LogP contribution in [-0.2, 0) is 16.1 Å². The third-order valence-electron chi connectivity index (χ3n) is 4.86. The van der Waals surface area contributed by atoms with Crippen LogP contribution in [0.4, 0.5) is 0 Å². The number of nitrogens with zero attached hydrogens (tertiary/aromatic N) is 2. The molecule has 1 aliphatic carbocycles. The fraction of sp³-hybridized carbons (Fsp3) is 0.750. The van der Waals surface area contributed by atoms with Crippen LogP contribution in [0.25, 0.3) is 0 Å². The van der Waals surface area contributed by atoms with Gasteiger partial charge in [-0.2, -0.15) is 0 Å². The van der Waals surface area contributed by atoms with Gasteiger partial charge in [0.2, 0.25) is 5.91 Å². The molecular weight excluding hydrogens is 304 g/mol. The van der Waals surface area contributed by atoms with Crippen LogP contribution in [0, 0.1) is 12.3 Å². The van der Waals surface area contributed by atoms with E-state index in [1.807, 2.05) is 0 Å². The molecular formula is C16H23ClN2O3. The van der Waals surface area contributed by atoms with Crippen molar-refractivity contribution in [3.05, 3.63) is 17.8 Å². The van der Waals surface area contributed by atoms with Gasteiger partial charge in [-0.3, -0.25) is 4.79 Å². The summed E-state index contributed by atoms with van der Waals surface area (Å²) in [4.78, 5) is 17.9. The monoisotopic (exact) mass is 326 g/mol. The van der Waals surface area contributed by atoms with Crippen molar-refractivity contribution < 1.29 is 13.9 Å². The van der Waals surface area contributed by atoms with Crippen molar-refractivity contribution in [1.82, 2.24) is 9.88 Å². The van der Waals surface area contributed by atoms with Gasteiger partial charge in [0.05, 0.1) is 25.5 Å². The Bertz CT molecular complexity index is 525. The Hall–Kier alpha value is -1.07. The number of carbonyl (C=O) groups excluding carboxylic acids is 1. The molecule has 22 heavy (non-hydrogen) atoms. The van der Waals surface area contributed by atoms with Gasteiger partial charge in [0.1, 0.15) is 11.6 Å². The Morgan fingerprint density at radius 3 is 2.91 bits per heavy atom. The number of rotatable bonds is 5. The summed E-state index contributed by atoms with van der Waals surface area (Å²) in [6.45, 7) is 3.61. The standard InChI is InChI=1S/C16H23ClN2O3/c1-12-18-8-14(22-12)10-19(15(20)7-17)9-13-6-16(11-21-13)4-2-3-5-16/h8,13H,2-7,9-11H2,1H3. The zero-order chi connectivity index (χ0) is 15.6. The SMILES string of the molecule is Cc1ncc(CN(CC2CC3(CCCC3)CO2)C(=O)CCl)o1. The van der Waals surface area contributed by atoms with Gasteiger partial charge in [-0.25, -0.2) is 4.98 Å². The van der Waals surface area contributed by atoms with Crippen LogP contribution in [-0.4, -0.2) is 40.9 Å². The minimum absolute atomic E-state index is 0.0228. The molecule has 1 aromatic rings. The van der Waals surface area contributed by atoms with E-state index in [0.29, 0.717) is 30.2 Å². The molecule has 6 heteroatoms. The number of alkyl halides is 1. The van der Waals surface area contributed by atoms with Crippen LogP contribution in [0.3, 0.4) is 0 Å². The molecule has 3 rings (SSSR count). The number of oxazole rings is 1. The highest BCUT2D eigenvalue weighted by Gasteiger charge is 2.42. The number of halogens is 1. The molecule has 1 atom stereocenters. The first-order valence-electron chi connectivity index (χ1n) is 7.97. The zero-order valence-electron chi connectivity index (χ0n) is 13.0. The number of carbonyl (C=O) groups is 1. The molecule has 122 valence electrons. The van der Waals surface area contributed by atoms with Gasteiger partial charge in [0, 0.05) is 13.5 Å². The smallest absolute Gasteiger partial charge is 0.237 e. The van der Waals surface area contributed by atoms with Gasteiger partial charge in [0.25, 0.3) is 0 Å². The molecule has 2 heterocycles. The number of hydrogen-bond acceptors (Lipinski definition) is 4. The third-order valence-corrected chi connectivity index (χ3v) is 5.09. The second-order valence-corrected chi connectivity index (χ2v) is 6.86. The fourth-order valence-electron chi connectivity index (χ4n) is 3.74. The average molecular weight is 327 g/mol. The van der Waals surface area contributed by atoms with Crippen molar-refractivity contribution in [2.24, 2.45) is 5.41 Å². The maximum atomic E-state index is 12.1. The lowest BCUT2D eigenvalue weighted by Gasteiger charge is -2.25. The minimum Gasteiger partial charge on any atom is -0.444 e. The minimum atomic E-state index is -0.0910.